The number of imidazole rings is 1. The number of carbonyl (C=O) groups excluding carboxylic acids is 1. The van der Waals surface area contributed by atoms with Crippen LogP contribution in [0.3, 0.4) is 0 Å². The zero-order valence-electron chi connectivity index (χ0n) is 15.8. The van der Waals surface area contributed by atoms with Crippen LogP contribution in [0, 0.1) is 17.8 Å². The quantitative estimate of drug-likeness (QED) is 0.532. The molecule has 1 saturated carbocycles. The third kappa shape index (κ3) is 3.36. The topological polar surface area (TPSA) is 84.2 Å². The predicted molar refractivity (Wildman–Crippen MR) is 112 cm³/mol. The highest BCUT2D eigenvalue weighted by Gasteiger charge is 2.29. The predicted octanol–water partition coefficient (Wildman–Crippen LogP) is 3.07. The van der Waals surface area contributed by atoms with Crippen LogP contribution in [0.5, 0.6) is 0 Å². The maximum absolute atomic E-state index is 12.1. The van der Waals surface area contributed by atoms with Gasteiger partial charge in [-0.2, -0.15) is 0 Å². The number of nitrogens with one attached hydrogen (secondary N) is 2. The Morgan fingerprint density at radius 3 is 2.83 bits per heavy atom. The standard InChI is InChI=1S/C22H18N6O/c1-23-21-18-13-25-19(27-22(29)15-4-5-15)11-17(18)16(12-26-21)3-2-14-6-8-28-9-7-24-20(28)10-14/h6-13,15H,4-5H2,1H3,(H,23,26)(H,25,27,29). The summed E-state index contributed by atoms with van der Waals surface area (Å²) in [7, 11) is 1.82. The summed E-state index contributed by atoms with van der Waals surface area (Å²) >= 11 is 0. The molecule has 0 unspecified atom stereocenters. The average Bonchev–Trinajstić information content (AvgIpc) is 3.50. The van der Waals surface area contributed by atoms with Gasteiger partial charge in [0.05, 0.1) is 5.56 Å². The molecule has 4 aromatic rings. The minimum Gasteiger partial charge on any atom is -0.373 e. The first kappa shape index (κ1) is 17.2. The number of anilines is 2. The molecule has 0 radical (unpaired) electrons. The summed E-state index contributed by atoms with van der Waals surface area (Å²) in [6.45, 7) is 0. The Balaban J connectivity index is 1.55. The average molecular weight is 382 g/mol. The number of hydrogen-bond donors (Lipinski definition) is 2. The smallest absolute Gasteiger partial charge is 0.228 e. The lowest BCUT2D eigenvalue weighted by molar-refractivity contribution is -0.117. The van der Waals surface area contributed by atoms with Crippen molar-refractivity contribution < 1.29 is 4.79 Å². The molecule has 4 heterocycles. The van der Waals surface area contributed by atoms with Crippen molar-refractivity contribution in [3.63, 3.8) is 0 Å². The number of fused-ring (bicyclic) bond motifs is 2. The zero-order chi connectivity index (χ0) is 19.8. The van der Waals surface area contributed by atoms with E-state index in [9.17, 15) is 4.79 Å². The fourth-order valence-corrected chi connectivity index (χ4v) is 3.20. The second kappa shape index (κ2) is 6.91. The van der Waals surface area contributed by atoms with E-state index in [0.29, 0.717) is 5.82 Å². The van der Waals surface area contributed by atoms with Crippen LogP contribution in [0.4, 0.5) is 11.6 Å². The molecular formula is C22H18N6O. The van der Waals surface area contributed by atoms with Crippen molar-refractivity contribution in [2.75, 3.05) is 17.7 Å². The second-order valence-electron chi connectivity index (χ2n) is 7.01. The zero-order valence-corrected chi connectivity index (χ0v) is 15.8. The molecule has 4 aromatic heterocycles. The van der Waals surface area contributed by atoms with Gasteiger partial charge in [-0.05, 0) is 31.0 Å². The number of nitrogens with zero attached hydrogens (tertiary/aromatic N) is 4. The van der Waals surface area contributed by atoms with Crippen LogP contribution in [0.1, 0.15) is 24.0 Å². The van der Waals surface area contributed by atoms with Gasteiger partial charge < -0.3 is 15.0 Å². The van der Waals surface area contributed by atoms with Gasteiger partial charge in [0.2, 0.25) is 5.91 Å². The Hall–Kier alpha value is -3.92. The highest BCUT2D eigenvalue weighted by molar-refractivity contribution is 5.99. The van der Waals surface area contributed by atoms with E-state index in [1.54, 1.807) is 18.6 Å². The first-order valence-electron chi connectivity index (χ1n) is 9.43. The van der Waals surface area contributed by atoms with E-state index in [1.165, 1.54) is 0 Å². The van der Waals surface area contributed by atoms with Crippen molar-refractivity contribution in [2.24, 2.45) is 5.92 Å². The highest BCUT2D eigenvalue weighted by Crippen LogP contribution is 2.31. The Kier molecular flexibility index (Phi) is 4.10. The number of carbonyl (C=O) groups is 1. The Labute approximate surface area is 167 Å². The van der Waals surface area contributed by atoms with Crippen LogP contribution in [-0.2, 0) is 4.79 Å². The molecule has 0 saturated heterocycles. The van der Waals surface area contributed by atoms with E-state index in [1.807, 2.05) is 42.0 Å². The maximum Gasteiger partial charge on any atom is 0.228 e. The minimum atomic E-state index is 0.0281. The summed E-state index contributed by atoms with van der Waals surface area (Å²) in [6.07, 6.45) is 10.9. The SMILES string of the molecule is CNc1ncc(C#Cc2ccn3ccnc3c2)c2cc(NC(=O)C3CC3)ncc12. The van der Waals surface area contributed by atoms with Gasteiger partial charge in [0.15, 0.2) is 0 Å². The third-order valence-electron chi connectivity index (χ3n) is 4.95. The van der Waals surface area contributed by atoms with Crippen molar-refractivity contribution in [3.8, 4) is 11.8 Å². The lowest BCUT2D eigenvalue weighted by atomic mass is 10.1. The van der Waals surface area contributed by atoms with Crippen LogP contribution in [0.25, 0.3) is 16.4 Å². The summed E-state index contributed by atoms with van der Waals surface area (Å²) in [5, 5.41) is 7.72. The fourth-order valence-electron chi connectivity index (χ4n) is 3.20. The maximum atomic E-state index is 12.1. The molecule has 1 amide bonds. The summed E-state index contributed by atoms with van der Waals surface area (Å²) in [5.74, 6) is 7.80. The van der Waals surface area contributed by atoms with E-state index >= 15 is 0 Å². The summed E-state index contributed by atoms with van der Waals surface area (Å²) in [5.41, 5.74) is 2.48. The molecule has 1 fully saturated rings. The van der Waals surface area contributed by atoms with E-state index < -0.39 is 0 Å². The number of pyridine rings is 3. The molecule has 1 aliphatic carbocycles. The lowest BCUT2D eigenvalue weighted by Crippen LogP contribution is -2.14. The van der Waals surface area contributed by atoms with Gasteiger partial charge in [-0.3, -0.25) is 4.79 Å². The minimum absolute atomic E-state index is 0.0281. The van der Waals surface area contributed by atoms with Crippen LogP contribution in [0.2, 0.25) is 0 Å². The monoisotopic (exact) mass is 382 g/mol. The normalized spacial score (nSPS) is 13.1. The van der Waals surface area contributed by atoms with Gasteiger partial charge in [-0.25, -0.2) is 15.0 Å². The number of aromatic nitrogens is 4. The first-order valence-corrected chi connectivity index (χ1v) is 9.43. The Morgan fingerprint density at radius 2 is 2.00 bits per heavy atom. The second-order valence-corrected chi connectivity index (χ2v) is 7.01. The van der Waals surface area contributed by atoms with Gasteiger partial charge in [-0.1, -0.05) is 11.8 Å². The number of amides is 1. The summed E-state index contributed by atoms with van der Waals surface area (Å²) in [6, 6.07) is 5.75. The first-order chi connectivity index (χ1) is 14.2. The molecule has 1 aliphatic rings. The molecule has 0 aliphatic heterocycles. The molecule has 0 spiro atoms. The number of hydrogen-bond acceptors (Lipinski definition) is 5. The van der Waals surface area contributed by atoms with Gasteiger partial charge in [0, 0.05) is 60.3 Å². The fraction of sp³-hybridized carbons (Fsp3) is 0.182. The van der Waals surface area contributed by atoms with Crippen molar-refractivity contribution in [2.45, 2.75) is 12.8 Å². The Bertz CT molecular complexity index is 1310. The van der Waals surface area contributed by atoms with Gasteiger partial charge in [-0.15, -0.1) is 0 Å². The van der Waals surface area contributed by atoms with Crippen LogP contribution in [-0.4, -0.2) is 32.3 Å². The highest BCUT2D eigenvalue weighted by atomic mass is 16.2. The third-order valence-corrected chi connectivity index (χ3v) is 4.95. The summed E-state index contributed by atoms with van der Waals surface area (Å²) < 4.78 is 1.93. The van der Waals surface area contributed by atoms with Crippen molar-refractivity contribution in [1.29, 1.82) is 0 Å². The molecule has 0 bridgehead atoms. The largest absolute Gasteiger partial charge is 0.373 e. The molecule has 142 valence electrons. The summed E-state index contributed by atoms with van der Waals surface area (Å²) in [4.78, 5) is 25.2. The van der Waals surface area contributed by atoms with Gasteiger partial charge in [0.25, 0.3) is 0 Å². The van der Waals surface area contributed by atoms with Crippen LogP contribution >= 0.6 is 0 Å². The molecule has 7 nitrogen and oxygen atoms in total. The van der Waals surface area contributed by atoms with E-state index in [4.69, 9.17) is 0 Å². The number of rotatable bonds is 3. The van der Waals surface area contributed by atoms with Crippen LogP contribution in [0.15, 0.2) is 49.2 Å². The molecule has 0 aromatic carbocycles. The molecule has 7 heteroatoms. The van der Waals surface area contributed by atoms with E-state index in [2.05, 4.69) is 37.4 Å². The molecule has 29 heavy (non-hydrogen) atoms. The van der Waals surface area contributed by atoms with Crippen molar-refractivity contribution >= 4 is 34.0 Å². The van der Waals surface area contributed by atoms with Crippen LogP contribution < -0.4 is 10.6 Å². The molecule has 2 N–H and O–H groups in total. The molecular weight excluding hydrogens is 364 g/mol. The van der Waals surface area contributed by atoms with Gasteiger partial charge >= 0.3 is 0 Å². The van der Waals surface area contributed by atoms with E-state index in [0.717, 1.165) is 46.2 Å². The van der Waals surface area contributed by atoms with Gasteiger partial charge in [0.1, 0.15) is 17.3 Å². The van der Waals surface area contributed by atoms with E-state index in [-0.39, 0.29) is 11.8 Å². The van der Waals surface area contributed by atoms with Crippen molar-refractivity contribution in [3.05, 3.63) is 60.3 Å². The van der Waals surface area contributed by atoms with Crippen molar-refractivity contribution in [1.82, 2.24) is 19.4 Å². The lowest BCUT2D eigenvalue weighted by Gasteiger charge is -2.09. The Morgan fingerprint density at radius 1 is 1.10 bits per heavy atom. The molecule has 0 atom stereocenters. The molecule has 5 rings (SSSR count).